The van der Waals surface area contributed by atoms with E-state index in [2.05, 4.69) is 0 Å². The van der Waals surface area contributed by atoms with Crippen molar-refractivity contribution in [2.45, 2.75) is 94.3 Å². The van der Waals surface area contributed by atoms with Crippen molar-refractivity contribution in [2.75, 3.05) is 20.3 Å². The zero-order valence-electron chi connectivity index (χ0n) is 33.4. The Kier molecular flexibility index (Phi) is 14.6. The lowest BCUT2D eigenvalue weighted by molar-refractivity contribution is -0.342. The van der Waals surface area contributed by atoms with Crippen molar-refractivity contribution in [3.8, 4) is 0 Å². The number of benzene rings is 5. The molecule has 11 atom stereocenters. The van der Waals surface area contributed by atoms with Crippen LogP contribution in [0, 0.1) is 5.92 Å². The average Bonchev–Trinajstić information content (AvgIpc) is 3.29. The number of hydrogen-bond donors (Lipinski definition) is 1. The molecule has 2 saturated heterocycles. The zero-order chi connectivity index (χ0) is 40.2. The van der Waals surface area contributed by atoms with E-state index in [1.54, 1.807) is 7.11 Å². The molecular formula is C49H54O10. The van der Waals surface area contributed by atoms with Crippen molar-refractivity contribution in [1.82, 2.24) is 0 Å². The fourth-order valence-electron chi connectivity index (χ4n) is 8.21. The highest BCUT2D eigenvalue weighted by atomic mass is 16.7. The Morgan fingerprint density at radius 3 is 1.59 bits per heavy atom. The Morgan fingerprint density at radius 2 is 1.05 bits per heavy atom. The van der Waals surface area contributed by atoms with Crippen molar-refractivity contribution in [1.29, 1.82) is 0 Å². The highest BCUT2D eigenvalue weighted by Gasteiger charge is 2.54. The molecule has 3 aliphatic rings. The molecule has 1 saturated carbocycles. The van der Waals surface area contributed by atoms with Crippen LogP contribution in [0.3, 0.4) is 0 Å². The third-order valence-corrected chi connectivity index (χ3v) is 11.3. The van der Waals surface area contributed by atoms with Crippen LogP contribution in [0.5, 0.6) is 0 Å². The lowest BCUT2D eigenvalue weighted by Gasteiger charge is -2.51. The van der Waals surface area contributed by atoms with Gasteiger partial charge in [0, 0.05) is 18.6 Å². The molecule has 5 aromatic rings. The van der Waals surface area contributed by atoms with Gasteiger partial charge >= 0.3 is 0 Å². The van der Waals surface area contributed by atoms with Gasteiger partial charge < -0.3 is 47.7 Å². The van der Waals surface area contributed by atoms with Gasteiger partial charge in [-0.3, -0.25) is 0 Å². The Hall–Kier alpha value is -4.30. The number of hydrogen-bond acceptors (Lipinski definition) is 10. The summed E-state index contributed by atoms with van der Waals surface area (Å²) < 4.78 is 59.4. The van der Waals surface area contributed by atoms with Crippen LogP contribution in [0.25, 0.3) is 0 Å². The summed E-state index contributed by atoms with van der Waals surface area (Å²) in [5.41, 5.74) is 4.91. The molecule has 59 heavy (non-hydrogen) atoms. The number of rotatable bonds is 17. The highest BCUT2D eigenvalue weighted by Crippen LogP contribution is 2.41. The zero-order valence-corrected chi connectivity index (χ0v) is 33.4. The monoisotopic (exact) mass is 802 g/mol. The maximum atomic E-state index is 12.4. The van der Waals surface area contributed by atoms with Crippen molar-refractivity contribution in [2.24, 2.45) is 5.92 Å². The van der Waals surface area contributed by atoms with Crippen LogP contribution < -0.4 is 0 Å². The second kappa shape index (κ2) is 20.8. The van der Waals surface area contributed by atoms with Crippen molar-refractivity contribution in [3.05, 3.63) is 179 Å². The highest BCUT2D eigenvalue weighted by molar-refractivity contribution is 5.18. The van der Waals surface area contributed by atoms with Gasteiger partial charge in [-0.1, -0.05) is 152 Å². The molecular weight excluding hydrogens is 749 g/mol. The van der Waals surface area contributed by atoms with E-state index in [4.69, 9.17) is 42.6 Å². The van der Waals surface area contributed by atoms with E-state index in [1.807, 2.05) is 152 Å². The third kappa shape index (κ3) is 10.7. The van der Waals surface area contributed by atoms with Gasteiger partial charge in [0.15, 0.2) is 12.6 Å². The lowest BCUT2D eigenvalue weighted by Crippen LogP contribution is -2.65. The van der Waals surface area contributed by atoms with Crippen molar-refractivity contribution >= 4 is 0 Å². The van der Waals surface area contributed by atoms with Gasteiger partial charge in [-0.15, -0.1) is 0 Å². The normalized spacial score (nSPS) is 29.4. The summed E-state index contributed by atoms with van der Waals surface area (Å²) in [6, 6.07) is 49.7. The number of methoxy groups -OCH3 is 1. The number of aliphatic hydroxyl groups is 1. The van der Waals surface area contributed by atoms with E-state index in [0.29, 0.717) is 26.2 Å². The molecule has 2 aliphatic heterocycles. The fraction of sp³-hybridized carbons (Fsp3) is 0.388. The van der Waals surface area contributed by atoms with Gasteiger partial charge in [-0.05, 0) is 28.7 Å². The molecule has 310 valence electrons. The summed E-state index contributed by atoms with van der Waals surface area (Å²) in [5, 5.41) is 12.4. The standard InChI is InChI=1S/C49H54O10/c1-51-49-47(55-31-37-23-13-5-14-24-37)46(54-30-36-21-11-4-12-22-36)44(41(58-49)33-52-28-34-17-7-2-8-18-34)57-40-27-39-32-56-48(38-25-15-6-16-26-38)59-43(39)45(42(40)50)53-29-35-19-9-3-10-20-35/h2-26,39-50H,27-33H2,1H3/t39-,40+,41-,42-,43-,44-,45-,46+,47-,48-,49+/m1/s1. The molecule has 0 unspecified atom stereocenters. The molecule has 1 aliphatic carbocycles. The summed E-state index contributed by atoms with van der Waals surface area (Å²) in [6.45, 7) is 1.81. The van der Waals surface area contributed by atoms with Crippen LogP contribution in [0.2, 0.25) is 0 Å². The van der Waals surface area contributed by atoms with Crippen LogP contribution in [0.15, 0.2) is 152 Å². The van der Waals surface area contributed by atoms with Crippen molar-refractivity contribution in [3.63, 3.8) is 0 Å². The summed E-state index contributed by atoms with van der Waals surface area (Å²) in [7, 11) is 1.60. The van der Waals surface area contributed by atoms with E-state index in [1.165, 1.54) is 0 Å². The second-order valence-corrected chi connectivity index (χ2v) is 15.4. The molecule has 10 heteroatoms. The Morgan fingerprint density at radius 1 is 0.559 bits per heavy atom. The van der Waals surface area contributed by atoms with Crippen LogP contribution in [-0.4, -0.2) is 80.6 Å². The largest absolute Gasteiger partial charge is 0.388 e. The van der Waals surface area contributed by atoms with Crippen molar-refractivity contribution < 1.29 is 47.7 Å². The van der Waals surface area contributed by atoms with Gasteiger partial charge in [-0.25, -0.2) is 0 Å². The minimum Gasteiger partial charge on any atom is -0.388 e. The predicted molar refractivity (Wildman–Crippen MR) is 220 cm³/mol. The van der Waals surface area contributed by atoms with Gasteiger partial charge in [0.1, 0.15) is 36.6 Å². The van der Waals surface area contributed by atoms with Crippen LogP contribution in [0.4, 0.5) is 0 Å². The molecule has 0 spiro atoms. The first kappa shape index (κ1) is 41.4. The first-order valence-electron chi connectivity index (χ1n) is 20.5. The Labute approximate surface area is 346 Å². The first-order valence-corrected chi connectivity index (χ1v) is 20.5. The predicted octanol–water partition coefficient (Wildman–Crippen LogP) is 7.58. The maximum absolute atomic E-state index is 12.4. The van der Waals surface area contributed by atoms with Crippen LogP contribution in [0.1, 0.15) is 40.5 Å². The summed E-state index contributed by atoms with van der Waals surface area (Å²) in [5.74, 6) is -0.137. The molecule has 8 rings (SSSR count). The summed E-state index contributed by atoms with van der Waals surface area (Å²) in [6.07, 6.45) is -6.72. The van der Waals surface area contributed by atoms with E-state index in [-0.39, 0.29) is 25.7 Å². The average molecular weight is 803 g/mol. The maximum Gasteiger partial charge on any atom is 0.186 e. The Bertz CT molecular complexity index is 1940. The van der Waals surface area contributed by atoms with E-state index in [0.717, 1.165) is 27.8 Å². The van der Waals surface area contributed by atoms with Crippen LogP contribution in [-0.2, 0) is 69.1 Å². The fourth-order valence-corrected chi connectivity index (χ4v) is 8.21. The molecule has 5 aromatic carbocycles. The quantitative estimate of drug-likeness (QED) is 0.101. The number of aliphatic hydroxyl groups excluding tert-OH is 1. The molecule has 0 radical (unpaired) electrons. The van der Waals surface area contributed by atoms with E-state index >= 15 is 0 Å². The minimum absolute atomic E-state index is 0.137. The van der Waals surface area contributed by atoms with Gasteiger partial charge in [0.2, 0.25) is 0 Å². The SMILES string of the molecule is CO[C@H]1O[C@H](COCc2ccccc2)[C@@H](O[C@H]2C[C@@H]3CO[C@@H](c4ccccc4)O[C@H]3[C@H](OCc3ccccc3)[C@@H]2O)[C@H](OCc2ccccc2)[C@H]1OCc1ccccc1. The van der Waals surface area contributed by atoms with E-state index < -0.39 is 61.4 Å². The van der Waals surface area contributed by atoms with Gasteiger partial charge in [0.25, 0.3) is 0 Å². The first-order chi connectivity index (χ1) is 29.1. The summed E-state index contributed by atoms with van der Waals surface area (Å²) >= 11 is 0. The molecule has 1 N–H and O–H groups in total. The Balaban J connectivity index is 1.09. The van der Waals surface area contributed by atoms with Gasteiger partial charge in [-0.2, -0.15) is 0 Å². The topological polar surface area (TPSA) is 103 Å². The number of ether oxygens (including phenoxy) is 9. The molecule has 0 aromatic heterocycles. The smallest absolute Gasteiger partial charge is 0.186 e. The summed E-state index contributed by atoms with van der Waals surface area (Å²) in [4.78, 5) is 0. The van der Waals surface area contributed by atoms with E-state index in [9.17, 15) is 5.11 Å². The lowest BCUT2D eigenvalue weighted by atomic mass is 9.80. The van der Waals surface area contributed by atoms with Gasteiger partial charge in [0.05, 0.1) is 51.8 Å². The molecule has 0 bridgehead atoms. The molecule has 3 fully saturated rings. The minimum atomic E-state index is -1.07. The molecule has 10 nitrogen and oxygen atoms in total. The van der Waals surface area contributed by atoms with Crippen LogP contribution >= 0.6 is 0 Å². The third-order valence-electron chi connectivity index (χ3n) is 11.3. The second-order valence-electron chi connectivity index (χ2n) is 15.4. The molecule has 0 amide bonds. The number of fused-ring (bicyclic) bond motifs is 1. The molecule has 2 heterocycles.